The number of halogens is 1. The minimum absolute atomic E-state index is 0.104. The fraction of sp³-hybridized carbons (Fsp3) is 0.103. The number of carbonyl (C=O) groups excluding carboxylic acids is 3. The van der Waals surface area contributed by atoms with Crippen LogP contribution in [-0.2, 0) is 16.1 Å². The average molecular weight is 718 g/mol. The van der Waals surface area contributed by atoms with Crippen molar-refractivity contribution in [2.45, 2.75) is 30.5 Å². The number of anilines is 2. The Bertz CT molecular complexity index is 2140. The summed E-state index contributed by atoms with van der Waals surface area (Å²) in [7, 11) is 0. The average Bonchev–Trinajstić information content (AvgIpc) is 3.42. The van der Waals surface area contributed by atoms with Gasteiger partial charge < -0.3 is 20.5 Å². The van der Waals surface area contributed by atoms with Crippen LogP contribution in [0.3, 0.4) is 0 Å². The molecule has 0 aliphatic heterocycles. The first-order chi connectivity index (χ1) is 23.3. The largest absolute Gasteiger partial charge is 0.341 e. The monoisotopic (exact) mass is 716 g/mol. The van der Waals surface area contributed by atoms with Crippen LogP contribution < -0.4 is 16.0 Å². The van der Waals surface area contributed by atoms with Crippen LogP contribution in [0, 0.1) is 0 Å². The van der Waals surface area contributed by atoms with Gasteiger partial charge in [-0.25, -0.2) is 0 Å². The maximum atomic E-state index is 13.4. The van der Waals surface area contributed by atoms with Crippen molar-refractivity contribution in [1.29, 1.82) is 0 Å². The highest BCUT2D eigenvalue weighted by atomic mass is 79.9. The molecule has 3 N–H and O–H groups in total. The molecule has 5 aromatic carbocycles. The van der Waals surface area contributed by atoms with E-state index in [0.717, 1.165) is 43.5 Å². The molecule has 0 saturated carbocycles. The molecule has 0 aliphatic carbocycles. The normalized spacial score (nSPS) is 12.1. The van der Waals surface area contributed by atoms with E-state index in [1.807, 2.05) is 73.7 Å². The van der Waals surface area contributed by atoms with Crippen LogP contribution in [0.4, 0.5) is 11.4 Å². The van der Waals surface area contributed by atoms with Gasteiger partial charge in [0.2, 0.25) is 5.91 Å². The molecule has 1 aromatic heterocycles. The summed E-state index contributed by atoms with van der Waals surface area (Å²) in [6.07, 6.45) is 1.63. The van der Waals surface area contributed by atoms with Gasteiger partial charge in [-0.2, -0.15) is 0 Å². The van der Waals surface area contributed by atoms with Crippen molar-refractivity contribution in [3.63, 3.8) is 0 Å². The van der Waals surface area contributed by atoms with E-state index in [2.05, 4.69) is 61.6 Å². The molecule has 0 radical (unpaired) electrons. The fourth-order valence-corrected chi connectivity index (χ4v) is 6.59. The number of hydrogen-bond acceptors (Lipinski definition) is 4. The summed E-state index contributed by atoms with van der Waals surface area (Å²) in [6.45, 7) is 4.86. The number of aromatic nitrogens is 1. The van der Waals surface area contributed by atoms with Crippen LogP contribution in [-0.4, -0.2) is 27.5 Å². The van der Waals surface area contributed by atoms with Gasteiger partial charge in [0.25, 0.3) is 11.8 Å². The summed E-state index contributed by atoms with van der Waals surface area (Å²) >= 11 is 4.85. The Balaban J connectivity index is 1.11. The highest BCUT2D eigenvalue weighted by Gasteiger charge is 2.18. The molecule has 1 unspecified atom stereocenters. The second-order valence-corrected chi connectivity index (χ2v) is 13.5. The summed E-state index contributed by atoms with van der Waals surface area (Å²) in [4.78, 5) is 40.4. The third kappa shape index (κ3) is 7.54. The van der Waals surface area contributed by atoms with Gasteiger partial charge >= 0.3 is 0 Å². The van der Waals surface area contributed by atoms with Crippen molar-refractivity contribution < 1.29 is 14.4 Å². The SMILES string of the molecule is CCn1c2ccccc2c2cc(NC(=O)C(C)Sc3ccc(NC(=O)/C(=C/c4ccc(Br)cc4)NC(=O)c4ccccc4)cc3)ccc21. The molecule has 6 rings (SSSR count). The van der Waals surface area contributed by atoms with Gasteiger partial charge in [0.15, 0.2) is 0 Å². The van der Waals surface area contributed by atoms with Crippen molar-refractivity contribution in [2.24, 2.45) is 0 Å². The van der Waals surface area contributed by atoms with E-state index in [-0.39, 0.29) is 22.8 Å². The van der Waals surface area contributed by atoms with E-state index in [9.17, 15) is 14.4 Å². The van der Waals surface area contributed by atoms with Crippen molar-refractivity contribution in [3.05, 3.63) is 143 Å². The number of carbonyl (C=O) groups is 3. The second kappa shape index (κ2) is 14.8. The molecule has 0 bridgehead atoms. The zero-order valence-electron chi connectivity index (χ0n) is 26.4. The topological polar surface area (TPSA) is 92.2 Å². The Morgan fingerprint density at radius 3 is 2.17 bits per heavy atom. The molecule has 0 spiro atoms. The lowest BCUT2D eigenvalue weighted by Gasteiger charge is -2.14. The van der Waals surface area contributed by atoms with Gasteiger partial charge in [-0.3, -0.25) is 14.4 Å². The molecular weight excluding hydrogens is 684 g/mol. The zero-order chi connectivity index (χ0) is 33.6. The molecule has 0 fully saturated rings. The number of thioether (sulfide) groups is 1. The van der Waals surface area contributed by atoms with Crippen LogP contribution in [0.5, 0.6) is 0 Å². The summed E-state index contributed by atoms with van der Waals surface area (Å²) in [5, 5.41) is 10.6. The van der Waals surface area contributed by atoms with Crippen molar-refractivity contribution >= 4 is 84.7 Å². The minimum Gasteiger partial charge on any atom is -0.341 e. The van der Waals surface area contributed by atoms with Gasteiger partial charge in [0.05, 0.1) is 5.25 Å². The summed E-state index contributed by atoms with van der Waals surface area (Å²) in [6, 6.07) is 37.8. The van der Waals surface area contributed by atoms with E-state index < -0.39 is 5.91 Å². The molecule has 48 heavy (non-hydrogen) atoms. The van der Waals surface area contributed by atoms with Crippen LogP contribution >= 0.6 is 27.7 Å². The first-order valence-electron chi connectivity index (χ1n) is 15.5. The Kier molecular flexibility index (Phi) is 10.1. The predicted octanol–water partition coefficient (Wildman–Crippen LogP) is 9.11. The van der Waals surface area contributed by atoms with Gasteiger partial charge in [-0.1, -0.05) is 64.5 Å². The number of aryl methyl sites for hydroxylation is 1. The maximum absolute atomic E-state index is 13.4. The van der Waals surface area contributed by atoms with E-state index >= 15 is 0 Å². The minimum atomic E-state index is -0.464. The van der Waals surface area contributed by atoms with Crippen molar-refractivity contribution in [2.75, 3.05) is 10.6 Å². The number of rotatable bonds is 10. The van der Waals surface area contributed by atoms with Crippen molar-refractivity contribution in [3.8, 4) is 0 Å². The van der Waals surface area contributed by atoms with Crippen LogP contribution in [0.1, 0.15) is 29.8 Å². The smallest absolute Gasteiger partial charge is 0.272 e. The molecule has 1 atom stereocenters. The van der Waals surface area contributed by atoms with E-state index in [1.54, 1.807) is 42.5 Å². The number of fused-ring (bicyclic) bond motifs is 3. The first kappa shape index (κ1) is 32.8. The summed E-state index contributed by atoms with van der Waals surface area (Å²) in [5.41, 5.74) is 4.92. The maximum Gasteiger partial charge on any atom is 0.272 e. The van der Waals surface area contributed by atoms with Crippen LogP contribution in [0.2, 0.25) is 0 Å². The Hall–Kier alpha value is -5.12. The lowest BCUT2D eigenvalue weighted by molar-refractivity contribution is -0.115. The highest BCUT2D eigenvalue weighted by molar-refractivity contribution is 9.10. The molecule has 240 valence electrons. The highest BCUT2D eigenvalue weighted by Crippen LogP contribution is 2.32. The third-order valence-electron chi connectivity index (χ3n) is 7.86. The second-order valence-electron chi connectivity index (χ2n) is 11.2. The van der Waals surface area contributed by atoms with E-state index in [0.29, 0.717) is 11.3 Å². The van der Waals surface area contributed by atoms with E-state index in [4.69, 9.17) is 0 Å². The lowest BCUT2D eigenvalue weighted by Crippen LogP contribution is -2.30. The Morgan fingerprint density at radius 2 is 1.44 bits per heavy atom. The summed E-state index contributed by atoms with van der Waals surface area (Å²) in [5.74, 6) is -0.956. The van der Waals surface area contributed by atoms with Crippen molar-refractivity contribution in [1.82, 2.24) is 9.88 Å². The third-order valence-corrected chi connectivity index (χ3v) is 9.50. The molecule has 3 amide bonds. The zero-order valence-corrected chi connectivity index (χ0v) is 28.8. The quantitative estimate of drug-likeness (QED) is 0.0974. The fourth-order valence-electron chi connectivity index (χ4n) is 5.46. The number of para-hydroxylation sites is 1. The van der Waals surface area contributed by atoms with Gasteiger partial charge in [0, 0.05) is 54.7 Å². The molecular formula is C39H33BrN4O3S. The standard InChI is InChI=1S/C39H33BrN4O3S/c1-3-44-35-12-8-7-11-32(35)33-24-30(19-22-36(33)44)42-37(45)25(2)48-31-20-17-29(18-21-31)41-39(47)34(23-26-13-15-28(40)16-14-26)43-38(46)27-9-5-4-6-10-27/h4-25H,3H2,1-2H3,(H,41,47)(H,42,45)(H,43,46)/b34-23-. The number of nitrogens with zero attached hydrogens (tertiary/aromatic N) is 1. The number of nitrogens with one attached hydrogen (secondary N) is 3. The number of amides is 3. The van der Waals surface area contributed by atoms with Crippen LogP contribution in [0.25, 0.3) is 27.9 Å². The Morgan fingerprint density at radius 1 is 0.771 bits per heavy atom. The molecule has 9 heteroatoms. The van der Waals surface area contributed by atoms with E-state index in [1.165, 1.54) is 17.3 Å². The van der Waals surface area contributed by atoms with Gasteiger partial charge in [-0.05, 0) is 98.3 Å². The molecule has 1 heterocycles. The number of benzene rings is 5. The molecule has 0 saturated heterocycles. The molecule has 0 aliphatic rings. The number of hydrogen-bond donors (Lipinski definition) is 3. The predicted molar refractivity (Wildman–Crippen MR) is 200 cm³/mol. The molecule has 7 nitrogen and oxygen atoms in total. The Labute approximate surface area is 291 Å². The van der Waals surface area contributed by atoms with Gasteiger partial charge in [0.1, 0.15) is 5.70 Å². The molecule has 6 aromatic rings. The van der Waals surface area contributed by atoms with Gasteiger partial charge in [-0.15, -0.1) is 11.8 Å². The summed E-state index contributed by atoms with van der Waals surface area (Å²) < 4.78 is 3.18. The van der Waals surface area contributed by atoms with Crippen LogP contribution in [0.15, 0.2) is 136 Å². The first-order valence-corrected chi connectivity index (χ1v) is 17.2. The lowest BCUT2D eigenvalue weighted by atomic mass is 10.1.